The highest BCUT2D eigenvalue weighted by Crippen LogP contribution is 2.48. The molecule has 1 heterocycles. The first-order chi connectivity index (χ1) is 20.7. The number of amides is 2. The summed E-state index contributed by atoms with van der Waals surface area (Å²) in [6, 6.07) is 31.1. The SMILES string of the molecule is O=C1[C@H]2Cc3c(c(S(=O)(=O)c4ccccc4)c4ccccc4c3S(=O)(=O)c3ccccc3)C[C@H]2C(=O)N1c1ccccc1. The third-order valence-corrected chi connectivity index (χ3v) is 12.2. The Hall–Kier alpha value is -4.60. The average molecular weight is 608 g/mol. The summed E-state index contributed by atoms with van der Waals surface area (Å²) in [7, 11) is -8.33. The summed E-state index contributed by atoms with van der Waals surface area (Å²) in [6.07, 6.45) is -0.172. The van der Waals surface area contributed by atoms with E-state index >= 15 is 0 Å². The van der Waals surface area contributed by atoms with Crippen molar-refractivity contribution in [2.45, 2.75) is 32.4 Å². The number of anilines is 1. The second-order valence-corrected chi connectivity index (χ2v) is 14.5. The molecule has 9 heteroatoms. The normalized spacial score (nSPS) is 18.5. The Labute approximate surface area is 249 Å². The molecule has 214 valence electrons. The molecule has 5 aromatic carbocycles. The van der Waals surface area contributed by atoms with E-state index in [0.717, 1.165) is 4.90 Å². The summed E-state index contributed by atoms with van der Waals surface area (Å²) in [5.41, 5.74) is 0.971. The van der Waals surface area contributed by atoms with Gasteiger partial charge < -0.3 is 0 Å². The number of imide groups is 1. The number of rotatable bonds is 5. The Bertz CT molecular complexity index is 2010. The molecule has 1 aliphatic carbocycles. The molecule has 2 aliphatic rings. The summed E-state index contributed by atoms with van der Waals surface area (Å²) in [5, 5.41) is 0.518. The predicted octanol–water partition coefficient (Wildman–Crippen LogP) is 5.41. The van der Waals surface area contributed by atoms with Crippen LogP contribution in [-0.2, 0) is 42.1 Å². The van der Waals surface area contributed by atoms with Crippen molar-refractivity contribution in [1.29, 1.82) is 0 Å². The quantitative estimate of drug-likeness (QED) is 0.248. The van der Waals surface area contributed by atoms with Crippen molar-refractivity contribution < 1.29 is 26.4 Å². The van der Waals surface area contributed by atoms with Crippen molar-refractivity contribution in [2.24, 2.45) is 11.8 Å². The van der Waals surface area contributed by atoms with Crippen molar-refractivity contribution in [3.63, 3.8) is 0 Å². The number of fused-ring (bicyclic) bond motifs is 3. The van der Waals surface area contributed by atoms with Gasteiger partial charge in [0.2, 0.25) is 31.5 Å². The largest absolute Gasteiger partial charge is 0.274 e. The molecule has 1 fully saturated rings. The molecule has 0 saturated carbocycles. The molecule has 0 aromatic heterocycles. The van der Waals surface area contributed by atoms with E-state index < -0.39 is 43.3 Å². The number of hydrogen-bond donors (Lipinski definition) is 0. The van der Waals surface area contributed by atoms with Gasteiger partial charge in [-0.15, -0.1) is 0 Å². The van der Waals surface area contributed by atoms with Gasteiger partial charge in [-0.1, -0.05) is 78.9 Å². The highest BCUT2D eigenvalue weighted by molar-refractivity contribution is 7.92. The zero-order valence-electron chi connectivity index (χ0n) is 22.8. The van der Waals surface area contributed by atoms with Crippen LogP contribution < -0.4 is 4.90 Å². The molecule has 1 saturated heterocycles. The number of sulfone groups is 2. The lowest BCUT2D eigenvalue weighted by Gasteiger charge is -2.30. The molecule has 2 amide bonds. The lowest BCUT2D eigenvalue weighted by atomic mass is 9.76. The summed E-state index contributed by atoms with van der Waals surface area (Å²) in [4.78, 5) is 28.8. The van der Waals surface area contributed by atoms with Gasteiger partial charge in [0.25, 0.3) is 0 Å². The highest BCUT2D eigenvalue weighted by atomic mass is 32.2. The minimum atomic E-state index is -4.16. The summed E-state index contributed by atoms with van der Waals surface area (Å²) < 4.78 is 57.5. The van der Waals surface area contributed by atoms with Gasteiger partial charge in [-0.05, 0) is 60.4 Å². The number of nitrogens with zero attached hydrogens (tertiary/aromatic N) is 1. The number of carbonyl (C=O) groups excluding carboxylic acids is 2. The maximum Gasteiger partial charge on any atom is 0.238 e. The van der Waals surface area contributed by atoms with Crippen molar-refractivity contribution in [1.82, 2.24) is 0 Å². The Balaban J connectivity index is 1.54. The monoisotopic (exact) mass is 607 g/mol. The van der Waals surface area contributed by atoms with E-state index in [1.807, 2.05) is 0 Å². The van der Waals surface area contributed by atoms with Crippen LogP contribution >= 0.6 is 0 Å². The third-order valence-electron chi connectivity index (χ3n) is 8.40. The van der Waals surface area contributed by atoms with Gasteiger partial charge in [0.05, 0.1) is 37.1 Å². The smallest absolute Gasteiger partial charge is 0.238 e. The summed E-state index contributed by atoms with van der Waals surface area (Å²) in [6.45, 7) is 0. The van der Waals surface area contributed by atoms with Gasteiger partial charge in [0.15, 0.2) is 0 Å². The van der Waals surface area contributed by atoms with E-state index in [4.69, 9.17) is 0 Å². The van der Waals surface area contributed by atoms with Crippen molar-refractivity contribution in [3.05, 3.63) is 126 Å². The van der Waals surface area contributed by atoms with Gasteiger partial charge in [-0.3, -0.25) is 14.5 Å². The molecule has 0 unspecified atom stereocenters. The summed E-state index contributed by atoms with van der Waals surface area (Å²) >= 11 is 0. The molecule has 0 radical (unpaired) electrons. The van der Waals surface area contributed by atoms with Gasteiger partial charge in [0, 0.05) is 10.8 Å². The number of hydrogen-bond acceptors (Lipinski definition) is 6. The van der Waals surface area contributed by atoms with Crippen LogP contribution in [0.1, 0.15) is 11.1 Å². The molecule has 1 aliphatic heterocycles. The van der Waals surface area contributed by atoms with Crippen LogP contribution in [-0.4, -0.2) is 28.6 Å². The molecule has 5 aromatic rings. The van der Waals surface area contributed by atoms with E-state index in [-0.39, 0.29) is 54.3 Å². The van der Waals surface area contributed by atoms with Crippen LogP contribution in [0.2, 0.25) is 0 Å². The van der Waals surface area contributed by atoms with Gasteiger partial charge in [-0.25, -0.2) is 16.8 Å². The Morgan fingerprint density at radius 2 is 0.837 bits per heavy atom. The Kier molecular flexibility index (Phi) is 6.34. The number of para-hydroxylation sites is 1. The van der Waals surface area contributed by atoms with E-state index in [9.17, 15) is 26.4 Å². The van der Waals surface area contributed by atoms with E-state index in [1.165, 1.54) is 24.3 Å². The maximum absolute atomic E-state index is 14.4. The molecule has 2 atom stereocenters. The molecule has 0 bridgehead atoms. The highest BCUT2D eigenvalue weighted by Gasteiger charge is 2.52. The predicted molar refractivity (Wildman–Crippen MR) is 161 cm³/mol. The fourth-order valence-corrected chi connectivity index (χ4v) is 9.97. The molecule has 43 heavy (non-hydrogen) atoms. The van der Waals surface area contributed by atoms with Crippen molar-refractivity contribution in [2.75, 3.05) is 4.90 Å². The minimum absolute atomic E-state index is 0.0202. The fourth-order valence-electron chi connectivity index (χ4n) is 6.47. The first kappa shape index (κ1) is 27.2. The number of carbonyl (C=O) groups is 2. The van der Waals surface area contributed by atoms with Crippen LogP contribution in [0.3, 0.4) is 0 Å². The van der Waals surface area contributed by atoms with Crippen molar-refractivity contribution in [3.8, 4) is 0 Å². The van der Waals surface area contributed by atoms with Crippen LogP contribution in [0.4, 0.5) is 5.69 Å². The fraction of sp³-hybridized carbons (Fsp3) is 0.118. The topological polar surface area (TPSA) is 106 Å². The number of benzene rings is 5. The van der Waals surface area contributed by atoms with Crippen LogP contribution in [0.25, 0.3) is 10.8 Å². The Morgan fingerprint density at radius 1 is 0.488 bits per heavy atom. The lowest BCUT2D eigenvalue weighted by molar-refractivity contribution is -0.122. The summed E-state index contributed by atoms with van der Waals surface area (Å²) in [5.74, 6) is -2.51. The van der Waals surface area contributed by atoms with Crippen molar-refractivity contribution >= 4 is 47.9 Å². The first-order valence-corrected chi connectivity index (χ1v) is 16.8. The Morgan fingerprint density at radius 3 is 1.23 bits per heavy atom. The third kappa shape index (κ3) is 4.14. The lowest BCUT2D eigenvalue weighted by Crippen LogP contribution is -2.31. The standard InChI is InChI=1S/C34H25NO6S2/c36-33-29-20-27-28(21-30(29)34(37)35(33)22-12-4-1-5-13-22)32(43(40,41)24-16-8-3-9-17-24)26-19-11-10-18-25(26)31(27)42(38,39)23-14-6-2-7-15-23/h1-19,29-30H,20-21H2/t29-,30+. The van der Waals surface area contributed by atoms with Gasteiger partial charge >= 0.3 is 0 Å². The van der Waals surface area contributed by atoms with Crippen LogP contribution in [0, 0.1) is 11.8 Å². The first-order valence-electron chi connectivity index (χ1n) is 13.8. The molecule has 7 rings (SSSR count). The van der Waals surface area contributed by atoms with E-state index in [1.54, 1.807) is 91.0 Å². The van der Waals surface area contributed by atoms with E-state index in [0.29, 0.717) is 5.69 Å². The second kappa shape index (κ2) is 10.00. The van der Waals surface area contributed by atoms with Crippen LogP contribution in [0.5, 0.6) is 0 Å². The zero-order valence-corrected chi connectivity index (χ0v) is 24.4. The zero-order chi connectivity index (χ0) is 29.9. The molecule has 0 spiro atoms. The van der Waals surface area contributed by atoms with Gasteiger partial charge in [0.1, 0.15) is 0 Å². The molecular weight excluding hydrogens is 583 g/mol. The minimum Gasteiger partial charge on any atom is -0.274 e. The van der Waals surface area contributed by atoms with Crippen LogP contribution in [0.15, 0.2) is 135 Å². The van der Waals surface area contributed by atoms with E-state index in [2.05, 4.69) is 0 Å². The second-order valence-electron chi connectivity index (χ2n) is 10.8. The van der Waals surface area contributed by atoms with Gasteiger partial charge in [-0.2, -0.15) is 0 Å². The molecule has 0 N–H and O–H groups in total. The molecule has 7 nitrogen and oxygen atoms in total. The average Bonchev–Trinajstić information content (AvgIpc) is 3.27. The molecular formula is C34H25NO6S2. The maximum atomic E-state index is 14.4.